The Morgan fingerprint density at radius 2 is 1.70 bits per heavy atom. The molecule has 0 aromatic heterocycles. The van der Waals surface area contributed by atoms with Crippen molar-refractivity contribution >= 4 is 12.1 Å². The third-order valence-corrected chi connectivity index (χ3v) is 3.86. The van der Waals surface area contributed by atoms with Crippen LogP contribution < -0.4 is 10.2 Å². The van der Waals surface area contributed by atoms with Gasteiger partial charge in [0.05, 0.1) is 6.21 Å². The number of carbonyl (C=O) groups is 1. The highest BCUT2D eigenvalue weighted by Crippen LogP contribution is 2.14. The van der Waals surface area contributed by atoms with Crippen LogP contribution in [0.25, 0.3) is 0 Å². The lowest BCUT2D eigenvalue weighted by Crippen LogP contribution is -2.25. The van der Waals surface area contributed by atoms with E-state index in [2.05, 4.69) is 10.5 Å². The molecule has 0 spiro atoms. The number of hydrazone groups is 1. The number of hydrogen-bond acceptors (Lipinski definition) is 4. The molecule has 2 N–H and O–H groups in total. The first-order valence-electron chi connectivity index (χ1n) is 8.55. The lowest BCUT2D eigenvalue weighted by molar-refractivity contribution is -0.129. The largest absolute Gasteiger partial charge is 0.489 e. The van der Waals surface area contributed by atoms with Crippen LogP contribution in [0.3, 0.4) is 0 Å². The molecule has 0 saturated carbocycles. The normalized spacial score (nSPS) is 11.9. The monoisotopic (exact) mass is 360 g/mol. The minimum atomic E-state index is -1.26. The molecule has 1 atom stereocenters. The maximum atomic E-state index is 12.0. The summed E-state index contributed by atoms with van der Waals surface area (Å²) in [5, 5.41) is 13.9. The number of rotatable bonds is 7. The van der Waals surface area contributed by atoms with Crippen LogP contribution in [-0.4, -0.2) is 17.2 Å². The van der Waals surface area contributed by atoms with E-state index in [1.807, 2.05) is 60.7 Å². The van der Waals surface area contributed by atoms with Crippen molar-refractivity contribution in [1.82, 2.24) is 5.43 Å². The van der Waals surface area contributed by atoms with Crippen molar-refractivity contribution in [2.75, 3.05) is 0 Å². The highest BCUT2D eigenvalue weighted by molar-refractivity contribution is 5.85. The van der Waals surface area contributed by atoms with Crippen molar-refractivity contribution in [2.45, 2.75) is 12.7 Å². The van der Waals surface area contributed by atoms with Crippen LogP contribution in [-0.2, 0) is 11.4 Å². The van der Waals surface area contributed by atoms with E-state index >= 15 is 0 Å². The van der Waals surface area contributed by atoms with Gasteiger partial charge in [0.2, 0.25) is 0 Å². The number of aliphatic hydroxyl groups is 1. The van der Waals surface area contributed by atoms with Crippen LogP contribution in [0, 0.1) is 0 Å². The van der Waals surface area contributed by atoms with E-state index in [1.165, 1.54) is 6.21 Å². The van der Waals surface area contributed by atoms with Gasteiger partial charge < -0.3 is 9.84 Å². The SMILES string of the molecule is O=C(N/N=C/c1cccc(OCc2ccccc2)c1)C(O)c1ccccc1. The Labute approximate surface area is 157 Å². The molecule has 1 amide bonds. The van der Waals surface area contributed by atoms with Crippen molar-refractivity contribution in [3.8, 4) is 5.75 Å². The molecule has 136 valence electrons. The van der Waals surface area contributed by atoms with Crippen LogP contribution in [0.2, 0.25) is 0 Å². The second-order valence-corrected chi connectivity index (χ2v) is 5.89. The Balaban J connectivity index is 1.55. The summed E-state index contributed by atoms with van der Waals surface area (Å²) >= 11 is 0. The lowest BCUT2D eigenvalue weighted by Gasteiger charge is -2.08. The van der Waals surface area contributed by atoms with Crippen molar-refractivity contribution < 1.29 is 14.6 Å². The molecule has 0 saturated heterocycles. The molecule has 5 nitrogen and oxygen atoms in total. The molecule has 0 radical (unpaired) electrons. The molecule has 1 unspecified atom stereocenters. The van der Waals surface area contributed by atoms with Gasteiger partial charge in [-0.3, -0.25) is 4.79 Å². The van der Waals surface area contributed by atoms with E-state index in [9.17, 15) is 9.90 Å². The lowest BCUT2D eigenvalue weighted by atomic mass is 10.1. The smallest absolute Gasteiger partial charge is 0.273 e. The first-order chi connectivity index (χ1) is 13.2. The topological polar surface area (TPSA) is 70.9 Å². The first-order valence-corrected chi connectivity index (χ1v) is 8.55. The van der Waals surface area contributed by atoms with E-state index < -0.39 is 12.0 Å². The highest BCUT2D eigenvalue weighted by Gasteiger charge is 2.15. The van der Waals surface area contributed by atoms with Crippen LogP contribution in [0.1, 0.15) is 22.8 Å². The molecule has 0 bridgehead atoms. The maximum Gasteiger partial charge on any atom is 0.273 e. The molecule has 3 aromatic carbocycles. The fraction of sp³-hybridized carbons (Fsp3) is 0.0909. The summed E-state index contributed by atoms with van der Waals surface area (Å²) in [6, 6.07) is 26.0. The van der Waals surface area contributed by atoms with Crippen LogP contribution in [0.15, 0.2) is 90.0 Å². The summed E-state index contributed by atoms with van der Waals surface area (Å²) in [7, 11) is 0. The van der Waals surface area contributed by atoms with Gasteiger partial charge in [0.15, 0.2) is 6.10 Å². The van der Waals surface area contributed by atoms with Gasteiger partial charge in [-0.15, -0.1) is 0 Å². The van der Waals surface area contributed by atoms with Gasteiger partial charge >= 0.3 is 0 Å². The van der Waals surface area contributed by atoms with Gasteiger partial charge in [-0.05, 0) is 28.8 Å². The van der Waals surface area contributed by atoms with Gasteiger partial charge in [0.25, 0.3) is 5.91 Å². The Hall–Kier alpha value is -3.44. The van der Waals surface area contributed by atoms with Crippen LogP contribution in [0.5, 0.6) is 5.75 Å². The minimum Gasteiger partial charge on any atom is -0.489 e. The zero-order chi connectivity index (χ0) is 18.9. The van der Waals surface area contributed by atoms with Crippen molar-refractivity contribution in [3.63, 3.8) is 0 Å². The number of benzene rings is 3. The van der Waals surface area contributed by atoms with Gasteiger partial charge in [0.1, 0.15) is 12.4 Å². The molecule has 0 aliphatic carbocycles. The molecule has 3 aromatic rings. The average molecular weight is 360 g/mol. The maximum absolute atomic E-state index is 12.0. The molecular formula is C22H20N2O3. The molecule has 0 aliphatic rings. The number of aliphatic hydroxyl groups excluding tert-OH is 1. The molecule has 0 heterocycles. The van der Waals surface area contributed by atoms with Gasteiger partial charge in [0, 0.05) is 0 Å². The molecule has 3 rings (SSSR count). The van der Waals surface area contributed by atoms with E-state index in [0.717, 1.165) is 11.1 Å². The van der Waals surface area contributed by atoms with E-state index in [4.69, 9.17) is 4.74 Å². The summed E-state index contributed by atoms with van der Waals surface area (Å²) in [6.45, 7) is 0.474. The molecule has 0 fully saturated rings. The first kappa shape index (κ1) is 18.4. The predicted molar refractivity (Wildman–Crippen MR) is 104 cm³/mol. The Kier molecular flexibility index (Phi) is 6.33. The summed E-state index contributed by atoms with van der Waals surface area (Å²) in [4.78, 5) is 12.0. The Morgan fingerprint density at radius 1 is 1.00 bits per heavy atom. The molecule has 5 heteroatoms. The Morgan fingerprint density at radius 3 is 2.44 bits per heavy atom. The van der Waals surface area contributed by atoms with Crippen LogP contribution >= 0.6 is 0 Å². The summed E-state index contributed by atoms with van der Waals surface area (Å²) in [6.07, 6.45) is 0.245. The predicted octanol–water partition coefficient (Wildman–Crippen LogP) is 3.45. The van der Waals surface area contributed by atoms with E-state index in [0.29, 0.717) is 17.9 Å². The molecule has 0 aliphatic heterocycles. The summed E-state index contributed by atoms with van der Waals surface area (Å²) in [5.74, 6) is 0.118. The number of nitrogens with one attached hydrogen (secondary N) is 1. The number of ether oxygens (including phenoxy) is 1. The van der Waals surface area contributed by atoms with Crippen molar-refractivity contribution in [3.05, 3.63) is 102 Å². The average Bonchev–Trinajstić information content (AvgIpc) is 2.73. The molecule has 27 heavy (non-hydrogen) atoms. The third kappa shape index (κ3) is 5.52. The summed E-state index contributed by atoms with van der Waals surface area (Å²) in [5.41, 5.74) is 4.72. The highest BCUT2D eigenvalue weighted by atomic mass is 16.5. The van der Waals surface area contributed by atoms with E-state index in [1.54, 1.807) is 24.3 Å². The second kappa shape index (κ2) is 9.31. The van der Waals surface area contributed by atoms with Crippen molar-refractivity contribution in [2.24, 2.45) is 5.10 Å². The summed E-state index contributed by atoms with van der Waals surface area (Å²) < 4.78 is 5.77. The van der Waals surface area contributed by atoms with Crippen LogP contribution in [0.4, 0.5) is 0 Å². The fourth-order valence-electron chi connectivity index (χ4n) is 2.44. The standard InChI is InChI=1S/C22H20N2O3/c25-21(19-11-5-2-6-12-19)22(26)24-23-15-18-10-7-13-20(14-18)27-16-17-8-3-1-4-9-17/h1-15,21,25H,16H2,(H,24,26)/b23-15+. The number of hydrogen-bond donors (Lipinski definition) is 2. The minimum absolute atomic E-state index is 0.474. The number of amides is 1. The number of nitrogens with zero attached hydrogens (tertiary/aromatic N) is 1. The quantitative estimate of drug-likeness (QED) is 0.501. The van der Waals surface area contributed by atoms with Gasteiger partial charge in [-0.25, -0.2) is 5.43 Å². The van der Waals surface area contributed by atoms with Crippen molar-refractivity contribution in [1.29, 1.82) is 0 Å². The Bertz CT molecular complexity index is 896. The number of carbonyl (C=O) groups excluding carboxylic acids is 1. The van der Waals surface area contributed by atoms with Gasteiger partial charge in [-0.2, -0.15) is 5.10 Å². The fourth-order valence-corrected chi connectivity index (χ4v) is 2.44. The second-order valence-electron chi connectivity index (χ2n) is 5.89. The zero-order valence-corrected chi connectivity index (χ0v) is 14.7. The van der Waals surface area contributed by atoms with Gasteiger partial charge in [-0.1, -0.05) is 72.8 Å². The zero-order valence-electron chi connectivity index (χ0n) is 14.7. The van der Waals surface area contributed by atoms with E-state index in [-0.39, 0.29) is 0 Å². The molecular weight excluding hydrogens is 340 g/mol. The third-order valence-electron chi connectivity index (χ3n) is 3.86.